The maximum atomic E-state index is 13.1. The summed E-state index contributed by atoms with van der Waals surface area (Å²) in [7, 11) is 3.57. The number of fused-ring (bicyclic) bond motifs is 1. The highest BCUT2D eigenvalue weighted by atomic mass is 32.2. The number of oxime groups is 1. The fraction of sp³-hybridized carbons (Fsp3) is 0.381. The topological polar surface area (TPSA) is 202 Å². The van der Waals surface area contributed by atoms with Gasteiger partial charge in [-0.05, 0) is 24.3 Å². The molecule has 38 heavy (non-hydrogen) atoms. The SMILES string of the molecule is CCO/N=C(\C(=O)NC1C(=O)N2C(C(=O)O)=C(CSc3nc(N)cc(NC)[n+]3C)CS[C@H]12)c1csc(N)n1. The molecule has 4 rings (SSSR count). The first-order valence-electron chi connectivity index (χ1n) is 11.3. The number of aromatic nitrogens is 3. The number of thioether (sulfide) groups is 2. The van der Waals surface area contributed by atoms with Crippen LogP contribution in [0.2, 0.25) is 0 Å². The third kappa shape index (κ3) is 5.34. The second-order valence-electron chi connectivity index (χ2n) is 7.99. The molecular formula is C21H26N9O5S3+. The highest BCUT2D eigenvalue weighted by Gasteiger charge is 2.54. The molecule has 1 saturated heterocycles. The van der Waals surface area contributed by atoms with Crippen molar-refractivity contribution in [3.63, 3.8) is 0 Å². The van der Waals surface area contributed by atoms with Crippen molar-refractivity contribution < 1.29 is 28.9 Å². The van der Waals surface area contributed by atoms with Crippen molar-refractivity contribution in [2.45, 2.75) is 23.5 Å². The lowest BCUT2D eigenvalue weighted by Gasteiger charge is -2.49. The molecule has 0 aliphatic carbocycles. The Morgan fingerprint density at radius 3 is 2.79 bits per heavy atom. The van der Waals surface area contributed by atoms with E-state index < -0.39 is 29.2 Å². The first-order valence-corrected chi connectivity index (χ1v) is 14.2. The number of thiazole rings is 1. The van der Waals surface area contributed by atoms with Crippen LogP contribution in [-0.4, -0.2) is 80.0 Å². The molecule has 0 bridgehead atoms. The van der Waals surface area contributed by atoms with Gasteiger partial charge in [-0.3, -0.25) is 14.5 Å². The largest absolute Gasteiger partial charge is 0.477 e. The van der Waals surface area contributed by atoms with Gasteiger partial charge in [0.05, 0.1) is 13.1 Å². The lowest BCUT2D eigenvalue weighted by Crippen LogP contribution is -2.71. The molecule has 7 N–H and O–H groups in total. The number of carbonyl (C=O) groups is 3. The number of nitrogens with zero attached hydrogens (tertiary/aromatic N) is 5. The summed E-state index contributed by atoms with van der Waals surface area (Å²) in [4.78, 5) is 52.9. The van der Waals surface area contributed by atoms with E-state index in [1.807, 2.05) is 7.05 Å². The van der Waals surface area contributed by atoms with Crippen LogP contribution in [0.1, 0.15) is 12.6 Å². The van der Waals surface area contributed by atoms with Crippen molar-refractivity contribution >= 4 is 75.1 Å². The average Bonchev–Trinajstić information content (AvgIpc) is 3.32. The molecule has 2 aromatic heterocycles. The number of amides is 2. The predicted molar refractivity (Wildman–Crippen MR) is 144 cm³/mol. The fourth-order valence-electron chi connectivity index (χ4n) is 3.81. The van der Waals surface area contributed by atoms with E-state index in [4.69, 9.17) is 16.3 Å². The molecule has 2 atom stereocenters. The average molecular weight is 581 g/mol. The summed E-state index contributed by atoms with van der Waals surface area (Å²) in [5, 5.41) is 21.3. The number of carboxylic acids is 1. The van der Waals surface area contributed by atoms with Gasteiger partial charge in [-0.15, -0.1) is 23.1 Å². The Labute approximate surface area is 229 Å². The van der Waals surface area contributed by atoms with Crippen molar-refractivity contribution in [2.24, 2.45) is 12.2 Å². The van der Waals surface area contributed by atoms with Crippen LogP contribution in [0.15, 0.2) is 33.0 Å². The third-order valence-corrected chi connectivity index (χ3v) is 8.72. The summed E-state index contributed by atoms with van der Waals surface area (Å²) in [6.45, 7) is 1.93. The van der Waals surface area contributed by atoms with Crippen LogP contribution >= 0.6 is 34.9 Å². The molecule has 0 saturated carbocycles. The van der Waals surface area contributed by atoms with Crippen molar-refractivity contribution in [1.82, 2.24) is 20.2 Å². The van der Waals surface area contributed by atoms with Gasteiger partial charge in [-0.2, -0.15) is 0 Å². The maximum Gasteiger partial charge on any atom is 0.352 e. The van der Waals surface area contributed by atoms with Crippen LogP contribution in [0, 0.1) is 0 Å². The minimum atomic E-state index is -1.22. The fourth-order valence-corrected chi connectivity index (χ4v) is 6.84. The van der Waals surface area contributed by atoms with Gasteiger partial charge in [-0.1, -0.05) is 10.1 Å². The van der Waals surface area contributed by atoms with Crippen LogP contribution in [0.25, 0.3) is 0 Å². The Morgan fingerprint density at radius 1 is 1.39 bits per heavy atom. The van der Waals surface area contributed by atoms with Crippen molar-refractivity contribution in [2.75, 3.05) is 41.9 Å². The van der Waals surface area contributed by atoms with E-state index in [2.05, 4.69) is 25.8 Å². The second kappa shape index (κ2) is 11.4. The lowest BCUT2D eigenvalue weighted by atomic mass is 10.0. The van der Waals surface area contributed by atoms with Gasteiger partial charge in [0.25, 0.3) is 11.8 Å². The first kappa shape index (κ1) is 27.5. The number of hydrogen-bond acceptors (Lipinski definition) is 13. The first-order chi connectivity index (χ1) is 18.2. The summed E-state index contributed by atoms with van der Waals surface area (Å²) >= 11 is 3.81. The summed E-state index contributed by atoms with van der Waals surface area (Å²) < 4.78 is 1.80. The Kier molecular flexibility index (Phi) is 8.27. The van der Waals surface area contributed by atoms with Crippen molar-refractivity contribution in [3.8, 4) is 0 Å². The summed E-state index contributed by atoms with van der Waals surface area (Å²) in [6, 6.07) is 0.749. The number of carbonyl (C=O) groups excluding carboxylic acids is 2. The van der Waals surface area contributed by atoms with E-state index in [9.17, 15) is 19.5 Å². The van der Waals surface area contributed by atoms with Gasteiger partial charge in [-0.25, -0.2) is 14.3 Å². The number of β-lactam (4-membered cyclic amide) rings is 1. The summed E-state index contributed by atoms with van der Waals surface area (Å²) in [5.74, 6) is -0.727. The van der Waals surface area contributed by atoms with Crippen LogP contribution in [0.4, 0.5) is 16.8 Å². The Hall–Kier alpha value is -3.57. The Morgan fingerprint density at radius 2 is 2.16 bits per heavy atom. The van der Waals surface area contributed by atoms with E-state index in [1.54, 1.807) is 30.0 Å². The molecule has 0 aromatic carbocycles. The van der Waals surface area contributed by atoms with E-state index >= 15 is 0 Å². The molecule has 2 aliphatic heterocycles. The standard InChI is InChI=1S/C21H25N9O5S3/c1-4-35-28-13(10-8-37-20(23)25-10)16(31)27-14-17(32)30-15(19(33)34)9(6-36-18(14)30)7-38-21-26-11(22)5-12(24-2)29(21)3/h5,8,14,18H,4,6-7H2,1-3H3,(H6,22,23,24,25,27,31,33,34)/p+1/b28-13-/t14?,18-/m1/s1. The zero-order valence-corrected chi connectivity index (χ0v) is 23.1. The normalized spacial score (nSPS) is 19.1. The van der Waals surface area contributed by atoms with E-state index in [1.165, 1.54) is 28.4 Å². The number of carboxylic acid groups (broad SMARTS) is 1. The maximum absolute atomic E-state index is 13.1. The molecule has 1 fully saturated rings. The zero-order valence-electron chi connectivity index (χ0n) is 20.6. The molecule has 0 spiro atoms. The molecular weight excluding hydrogens is 554 g/mol. The van der Waals surface area contributed by atoms with Gasteiger partial charge >= 0.3 is 11.1 Å². The van der Waals surface area contributed by atoms with E-state index in [0.29, 0.717) is 22.3 Å². The molecule has 4 heterocycles. The molecule has 202 valence electrons. The molecule has 2 aliphatic rings. The molecule has 2 aromatic rings. The van der Waals surface area contributed by atoms with Gasteiger partial charge in [0, 0.05) is 23.9 Å². The second-order valence-corrected chi connectivity index (χ2v) is 10.9. The molecule has 14 nitrogen and oxygen atoms in total. The molecule has 2 amide bonds. The van der Waals surface area contributed by atoms with E-state index in [-0.39, 0.29) is 34.6 Å². The summed E-state index contributed by atoms with van der Waals surface area (Å²) in [6.07, 6.45) is 0. The van der Waals surface area contributed by atoms with Crippen molar-refractivity contribution in [1.29, 1.82) is 0 Å². The number of nitrogens with two attached hydrogens (primary N) is 2. The quantitative estimate of drug-likeness (QED) is 0.0621. The van der Waals surface area contributed by atoms with Crippen LogP contribution in [-0.2, 0) is 26.3 Å². The Bertz CT molecular complexity index is 1350. The van der Waals surface area contributed by atoms with Gasteiger partial charge in [0.1, 0.15) is 29.4 Å². The lowest BCUT2D eigenvalue weighted by molar-refractivity contribution is -0.699. The number of nitrogen functional groups attached to an aromatic ring is 2. The zero-order chi connectivity index (χ0) is 27.6. The number of anilines is 3. The number of nitrogens with one attached hydrogen (secondary N) is 2. The third-order valence-electron chi connectivity index (χ3n) is 5.59. The van der Waals surface area contributed by atoms with Gasteiger partial charge in [0.2, 0.25) is 11.6 Å². The minimum absolute atomic E-state index is 0.0902. The number of rotatable bonds is 10. The smallest absolute Gasteiger partial charge is 0.352 e. The molecule has 0 radical (unpaired) electrons. The van der Waals surface area contributed by atoms with Crippen LogP contribution in [0.3, 0.4) is 0 Å². The molecule has 1 unspecified atom stereocenters. The predicted octanol–water partition coefficient (Wildman–Crippen LogP) is -0.160. The van der Waals surface area contributed by atoms with Crippen LogP contribution < -0.4 is 26.7 Å². The number of hydrogen-bond donors (Lipinski definition) is 5. The van der Waals surface area contributed by atoms with Gasteiger partial charge < -0.3 is 32.0 Å². The minimum Gasteiger partial charge on any atom is -0.477 e. The van der Waals surface area contributed by atoms with Crippen LogP contribution in [0.5, 0.6) is 0 Å². The highest BCUT2D eigenvalue weighted by molar-refractivity contribution is 8.01. The Balaban J connectivity index is 1.51. The van der Waals surface area contributed by atoms with E-state index in [0.717, 1.165) is 17.2 Å². The summed E-state index contributed by atoms with van der Waals surface area (Å²) in [5.41, 5.74) is 12.1. The monoisotopic (exact) mass is 580 g/mol. The highest BCUT2D eigenvalue weighted by Crippen LogP contribution is 2.41. The van der Waals surface area contributed by atoms with Gasteiger partial charge in [0.15, 0.2) is 10.8 Å². The molecule has 17 heteroatoms. The van der Waals surface area contributed by atoms with Crippen molar-refractivity contribution in [3.05, 3.63) is 28.4 Å². The number of aliphatic carboxylic acids is 1.